The summed E-state index contributed by atoms with van der Waals surface area (Å²) in [6, 6.07) is 11.8. The van der Waals surface area contributed by atoms with Crippen LogP contribution in [-0.4, -0.2) is 29.4 Å². The van der Waals surface area contributed by atoms with E-state index in [4.69, 9.17) is 10.5 Å². The monoisotopic (exact) mass is 286 g/mol. The van der Waals surface area contributed by atoms with Gasteiger partial charge in [-0.25, -0.2) is 0 Å². The molecule has 0 bridgehead atoms. The van der Waals surface area contributed by atoms with Crippen molar-refractivity contribution in [3.8, 4) is 17.0 Å². The Hall–Kier alpha value is -2.14. The number of benzene rings is 1. The second kappa shape index (κ2) is 7.59. The van der Waals surface area contributed by atoms with Crippen LogP contribution in [0.5, 0.6) is 5.75 Å². The van der Waals surface area contributed by atoms with E-state index in [2.05, 4.69) is 15.5 Å². The van der Waals surface area contributed by atoms with E-state index in [9.17, 15) is 0 Å². The van der Waals surface area contributed by atoms with E-state index in [1.165, 1.54) is 0 Å². The number of hydrogen-bond acceptors (Lipinski definition) is 5. The van der Waals surface area contributed by atoms with Gasteiger partial charge in [-0.2, -0.15) is 0 Å². The van der Waals surface area contributed by atoms with Crippen molar-refractivity contribution in [3.05, 3.63) is 36.4 Å². The summed E-state index contributed by atoms with van der Waals surface area (Å²) in [6.07, 6.45) is 1.09. The van der Waals surface area contributed by atoms with Crippen molar-refractivity contribution in [3.63, 3.8) is 0 Å². The second-order valence-electron chi connectivity index (χ2n) is 5.06. The lowest BCUT2D eigenvalue weighted by atomic mass is 10.1. The summed E-state index contributed by atoms with van der Waals surface area (Å²) in [5.41, 5.74) is 7.31. The van der Waals surface area contributed by atoms with E-state index in [1.807, 2.05) is 50.2 Å². The number of rotatable bonds is 7. The van der Waals surface area contributed by atoms with Crippen LogP contribution in [0.15, 0.2) is 36.4 Å². The van der Waals surface area contributed by atoms with Gasteiger partial charge >= 0.3 is 0 Å². The molecule has 112 valence electrons. The van der Waals surface area contributed by atoms with Crippen molar-refractivity contribution in [2.45, 2.75) is 26.4 Å². The minimum atomic E-state index is 0.175. The fourth-order valence-electron chi connectivity index (χ4n) is 1.88. The first kappa shape index (κ1) is 15.3. The molecule has 1 heterocycles. The van der Waals surface area contributed by atoms with E-state index in [-0.39, 0.29) is 6.10 Å². The Bertz CT molecular complexity index is 537. The van der Waals surface area contributed by atoms with Gasteiger partial charge in [-0.05, 0) is 63.2 Å². The molecule has 0 saturated heterocycles. The molecule has 5 nitrogen and oxygen atoms in total. The standard InChI is InChI=1S/C16H22N4O/c1-12(2)21-14-6-4-13(5-7-14)15-8-9-16(20-19-15)18-11-3-10-17/h4-9,12H,3,10-11,17H2,1-2H3,(H,18,20). The SMILES string of the molecule is CC(C)Oc1ccc(-c2ccc(NCCCN)nn2)cc1. The van der Waals surface area contributed by atoms with Gasteiger partial charge in [0.15, 0.2) is 0 Å². The highest BCUT2D eigenvalue weighted by molar-refractivity contribution is 5.60. The third-order valence-corrected chi connectivity index (χ3v) is 2.87. The van der Waals surface area contributed by atoms with Gasteiger partial charge in [0.2, 0.25) is 0 Å². The first-order valence-electron chi connectivity index (χ1n) is 7.24. The van der Waals surface area contributed by atoms with E-state index < -0.39 is 0 Å². The van der Waals surface area contributed by atoms with Crippen LogP contribution in [0.25, 0.3) is 11.3 Å². The Morgan fingerprint density at radius 1 is 1.10 bits per heavy atom. The van der Waals surface area contributed by atoms with Gasteiger partial charge in [0.1, 0.15) is 11.6 Å². The Labute approximate surface area is 125 Å². The molecule has 0 atom stereocenters. The van der Waals surface area contributed by atoms with Crippen LogP contribution < -0.4 is 15.8 Å². The van der Waals surface area contributed by atoms with Gasteiger partial charge in [0.25, 0.3) is 0 Å². The van der Waals surface area contributed by atoms with Gasteiger partial charge < -0.3 is 15.8 Å². The predicted molar refractivity (Wildman–Crippen MR) is 85.4 cm³/mol. The molecule has 2 aromatic rings. The minimum absolute atomic E-state index is 0.175. The molecule has 0 amide bonds. The van der Waals surface area contributed by atoms with Crippen LogP contribution in [0.2, 0.25) is 0 Å². The van der Waals surface area contributed by atoms with Crippen molar-refractivity contribution in [2.24, 2.45) is 5.73 Å². The molecule has 21 heavy (non-hydrogen) atoms. The molecule has 0 aliphatic heterocycles. The molecule has 0 saturated carbocycles. The molecule has 0 unspecified atom stereocenters. The number of ether oxygens (including phenoxy) is 1. The number of aromatic nitrogens is 2. The fraction of sp³-hybridized carbons (Fsp3) is 0.375. The summed E-state index contributed by atoms with van der Waals surface area (Å²) in [4.78, 5) is 0. The van der Waals surface area contributed by atoms with Crippen LogP contribution in [0.1, 0.15) is 20.3 Å². The van der Waals surface area contributed by atoms with E-state index in [0.717, 1.165) is 35.8 Å². The van der Waals surface area contributed by atoms with Gasteiger partial charge in [-0.15, -0.1) is 10.2 Å². The van der Waals surface area contributed by atoms with E-state index in [1.54, 1.807) is 0 Å². The van der Waals surface area contributed by atoms with Crippen LogP contribution in [0.3, 0.4) is 0 Å². The van der Waals surface area contributed by atoms with Crippen molar-refractivity contribution in [2.75, 3.05) is 18.4 Å². The van der Waals surface area contributed by atoms with E-state index in [0.29, 0.717) is 6.54 Å². The van der Waals surface area contributed by atoms with Crippen molar-refractivity contribution >= 4 is 5.82 Å². The summed E-state index contributed by atoms with van der Waals surface area (Å²) in [5.74, 6) is 1.63. The molecule has 2 rings (SSSR count). The van der Waals surface area contributed by atoms with E-state index >= 15 is 0 Å². The molecule has 0 fully saturated rings. The first-order chi connectivity index (χ1) is 10.2. The second-order valence-corrected chi connectivity index (χ2v) is 5.06. The molecule has 5 heteroatoms. The van der Waals surface area contributed by atoms with Crippen LogP contribution in [-0.2, 0) is 0 Å². The van der Waals surface area contributed by atoms with Gasteiger partial charge in [0.05, 0.1) is 11.8 Å². The summed E-state index contributed by atoms with van der Waals surface area (Å²) in [6.45, 7) is 5.50. The molecule has 1 aromatic carbocycles. The summed E-state index contributed by atoms with van der Waals surface area (Å²) in [5, 5.41) is 11.6. The number of nitrogens with zero attached hydrogens (tertiary/aromatic N) is 2. The Morgan fingerprint density at radius 3 is 2.43 bits per heavy atom. The topological polar surface area (TPSA) is 73.1 Å². The average molecular weight is 286 g/mol. The first-order valence-corrected chi connectivity index (χ1v) is 7.24. The van der Waals surface area contributed by atoms with Crippen molar-refractivity contribution < 1.29 is 4.74 Å². The normalized spacial score (nSPS) is 10.7. The maximum Gasteiger partial charge on any atom is 0.148 e. The third-order valence-electron chi connectivity index (χ3n) is 2.87. The quantitative estimate of drug-likeness (QED) is 0.766. The Kier molecular flexibility index (Phi) is 5.51. The molecule has 1 aromatic heterocycles. The molecule has 0 aliphatic carbocycles. The number of nitrogens with two attached hydrogens (primary N) is 1. The molecular formula is C16H22N4O. The van der Waals surface area contributed by atoms with Crippen LogP contribution >= 0.6 is 0 Å². The minimum Gasteiger partial charge on any atom is -0.491 e. The Morgan fingerprint density at radius 2 is 1.86 bits per heavy atom. The maximum atomic E-state index is 5.62. The summed E-state index contributed by atoms with van der Waals surface area (Å²) >= 11 is 0. The Balaban J connectivity index is 2.01. The molecule has 0 spiro atoms. The van der Waals surface area contributed by atoms with Crippen LogP contribution in [0.4, 0.5) is 5.82 Å². The maximum absolute atomic E-state index is 5.62. The third kappa shape index (κ3) is 4.72. The van der Waals surface area contributed by atoms with Crippen molar-refractivity contribution in [1.82, 2.24) is 10.2 Å². The number of anilines is 1. The predicted octanol–water partition coefficient (Wildman–Crippen LogP) is 2.69. The largest absolute Gasteiger partial charge is 0.491 e. The molecule has 3 N–H and O–H groups in total. The summed E-state index contributed by atoms with van der Waals surface area (Å²) < 4.78 is 5.62. The zero-order valence-electron chi connectivity index (χ0n) is 12.5. The fourth-order valence-corrected chi connectivity index (χ4v) is 1.88. The zero-order chi connectivity index (χ0) is 15.1. The highest BCUT2D eigenvalue weighted by atomic mass is 16.5. The molecule has 0 aliphatic rings. The number of nitrogens with one attached hydrogen (secondary N) is 1. The van der Waals surface area contributed by atoms with Crippen LogP contribution in [0, 0.1) is 0 Å². The molecule has 0 radical (unpaired) electrons. The average Bonchev–Trinajstić information content (AvgIpc) is 2.49. The highest BCUT2D eigenvalue weighted by Gasteiger charge is 2.03. The van der Waals surface area contributed by atoms with Gasteiger partial charge in [-0.3, -0.25) is 0 Å². The van der Waals surface area contributed by atoms with Gasteiger partial charge in [-0.1, -0.05) is 0 Å². The lowest BCUT2D eigenvalue weighted by Crippen LogP contribution is -2.09. The zero-order valence-corrected chi connectivity index (χ0v) is 12.5. The smallest absolute Gasteiger partial charge is 0.148 e. The molecular weight excluding hydrogens is 264 g/mol. The number of hydrogen-bond donors (Lipinski definition) is 2. The highest BCUT2D eigenvalue weighted by Crippen LogP contribution is 2.21. The van der Waals surface area contributed by atoms with Gasteiger partial charge in [0, 0.05) is 12.1 Å². The lowest BCUT2D eigenvalue weighted by Gasteiger charge is -2.10. The lowest BCUT2D eigenvalue weighted by molar-refractivity contribution is 0.242. The summed E-state index contributed by atoms with van der Waals surface area (Å²) in [7, 11) is 0. The van der Waals surface area contributed by atoms with Crippen molar-refractivity contribution in [1.29, 1.82) is 0 Å².